The maximum Gasteiger partial charge on any atom is 0.143 e. The van der Waals surface area contributed by atoms with Gasteiger partial charge in [0.1, 0.15) is 11.2 Å². The topological polar surface area (TPSA) is 16.4 Å². The number of hydrogen-bond acceptors (Lipinski definition) is 3. The van der Waals surface area contributed by atoms with Crippen LogP contribution in [-0.2, 0) is 0 Å². The number of thiophene rings is 1. The summed E-state index contributed by atoms with van der Waals surface area (Å²) in [5.74, 6) is 0. The second kappa shape index (κ2) is 15.2. The van der Waals surface area contributed by atoms with Crippen molar-refractivity contribution in [3.05, 3.63) is 237 Å². The third-order valence-corrected chi connectivity index (χ3v) is 14.3. The van der Waals surface area contributed by atoms with E-state index in [1.165, 1.54) is 69.7 Å². The van der Waals surface area contributed by atoms with Gasteiger partial charge in [-0.1, -0.05) is 194 Å². The van der Waals surface area contributed by atoms with Crippen LogP contribution in [0.4, 0.5) is 17.1 Å². The van der Waals surface area contributed by atoms with Gasteiger partial charge in [-0.05, 0) is 97.6 Å². The van der Waals surface area contributed by atoms with E-state index in [0.29, 0.717) is 0 Å². The molecule has 13 rings (SSSR count). The summed E-state index contributed by atoms with van der Waals surface area (Å²) in [7, 11) is 0. The van der Waals surface area contributed by atoms with Crippen LogP contribution in [0.25, 0.3) is 108 Å². The van der Waals surface area contributed by atoms with Crippen LogP contribution in [0.15, 0.2) is 241 Å². The summed E-state index contributed by atoms with van der Waals surface area (Å²) >= 11 is 1.86. The smallest absolute Gasteiger partial charge is 0.143 e. The van der Waals surface area contributed by atoms with Gasteiger partial charge in [0, 0.05) is 48.6 Å². The fraction of sp³-hybridized carbons (Fsp3) is 0. The molecule has 0 aliphatic carbocycles. The summed E-state index contributed by atoms with van der Waals surface area (Å²) in [5, 5.41) is 9.41. The zero-order valence-corrected chi connectivity index (χ0v) is 36.1. The molecule has 304 valence electrons. The van der Waals surface area contributed by atoms with Crippen LogP contribution in [0.3, 0.4) is 0 Å². The minimum absolute atomic E-state index is 0.871. The fourth-order valence-corrected chi connectivity index (χ4v) is 11.2. The van der Waals surface area contributed by atoms with Crippen LogP contribution in [0.5, 0.6) is 0 Å². The fourth-order valence-electron chi connectivity index (χ4n) is 9.95. The molecule has 0 radical (unpaired) electrons. The molecular formula is C62H39NOS. The van der Waals surface area contributed by atoms with Crippen molar-refractivity contribution in [2.24, 2.45) is 0 Å². The average Bonchev–Trinajstić information content (AvgIpc) is 3.96. The Morgan fingerprint density at radius 2 is 0.862 bits per heavy atom. The summed E-state index contributed by atoms with van der Waals surface area (Å²) in [5.41, 5.74) is 14.3. The summed E-state index contributed by atoms with van der Waals surface area (Å²) in [6.45, 7) is 0. The number of anilines is 3. The van der Waals surface area contributed by atoms with Gasteiger partial charge in [0.2, 0.25) is 0 Å². The van der Waals surface area contributed by atoms with Gasteiger partial charge in [-0.25, -0.2) is 0 Å². The van der Waals surface area contributed by atoms with Gasteiger partial charge in [-0.2, -0.15) is 0 Å². The first-order valence-corrected chi connectivity index (χ1v) is 23.0. The molecule has 13 aromatic rings. The van der Waals surface area contributed by atoms with Crippen LogP contribution >= 0.6 is 11.3 Å². The highest BCUT2D eigenvalue weighted by atomic mass is 32.1. The van der Waals surface area contributed by atoms with Crippen LogP contribution < -0.4 is 4.90 Å². The summed E-state index contributed by atoms with van der Waals surface area (Å²) in [6, 6.07) is 85.9. The Balaban J connectivity index is 1.11. The largest absolute Gasteiger partial charge is 0.455 e. The quantitative estimate of drug-likeness (QED) is 0.159. The Hall–Kier alpha value is -8.24. The number of nitrogens with zero attached hydrogens (tertiary/aromatic N) is 1. The van der Waals surface area contributed by atoms with Crippen molar-refractivity contribution in [2.45, 2.75) is 0 Å². The van der Waals surface area contributed by atoms with Crippen molar-refractivity contribution in [1.29, 1.82) is 0 Å². The van der Waals surface area contributed by atoms with Gasteiger partial charge in [0.15, 0.2) is 0 Å². The Labute approximate surface area is 380 Å². The van der Waals surface area contributed by atoms with Crippen LogP contribution in [0, 0.1) is 0 Å². The van der Waals surface area contributed by atoms with E-state index in [-0.39, 0.29) is 0 Å². The molecule has 2 nitrogen and oxygen atoms in total. The lowest BCUT2D eigenvalue weighted by Gasteiger charge is -2.27. The highest BCUT2D eigenvalue weighted by molar-refractivity contribution is 7.26. The number of rotatable bonds is 7. The first kappa shape index (κ1) is 37.3. The van der Waals surface area contributed by atoms with Gasteiger partial charge >= 0.3 is 0 Å². The van der Waals surface area contributed by atoms with Crippen molar-refractivity contribution in [1.82, 2.24) is 0 Å². The molecule has 0 spiro atoms. The minimum atomic E-state index is 0.871. The summed E-state index contributed by atoms with van der Waals surface area (Å²) < 4.78 is 9.77. The minimum Gasteiger partial charge on any atom is -0.455 e. The van der Waals surface area contributed by atoms with Crippen molar-refractivity contribution in [3.63, 3.8) is 0 Å². The van der Waals surface area contributed by atoms with Gasteiger partial charge in [-0.3, -0.25) is 0 Å². The Bertz CT molecular complexity index is 3920. The third kappa shape index (κ3) is 6.24. The Kier molecular flexibility index (Phi) is 8.75. The van der Waals surface area contributed by atoms with E-state index < -0.39 is 0 Å². The molecule has 65 heavy (non-hydrogen) atoms. The van der Waals surface area contributed by atoms with Crippen molar-refractivity contribution in [2.75, 3.05) is 4.90 Å². The van der Waals surface area contributed by atoms with E-state index in [1.54, 1.807) is 0 Å². The summed E-state index contributed by atoms with van der Waals surface area (Å²) in [4.78, 5) is 2.46. The molecule has 2 aromatic heterocycles. The normalized spacial score (nSPS) is 11.7. The molecule has 0 atom stereocenters. The van der Waals surface area contributed by atoms with Crippen molar-refractivity contribution < 1.29 is 4.42 Å². The lowest BCUT2D eigenvalue weighted by atomic mass is 9.91. The number of hydrogen-bond donors (Lipinski definition) is 0. The molecule has 0 bridgehead atoms. The van der Waals surface area contributed by atoms with Crippen LogP contribution in [0.1, 0.15) is 0 Å². The van der Waals surface area contributed by atoms with E-state index in [9.17, 15) is 0 Å². The first-order valence-electron chi connectivity index (χ1n) is 22.2. The highest BCUT2D eigenvalue weighted by Gasteiger charge is 2.24. The van der Waals surface area contributed by atoms with Gasteiger partial charge < -0.3 is 9.32 Å². The van der Waals surface area contributed by atoms with E-state index in [4.69, 9.17) is 4.42 Å². The molecule has 2 heterocycles. The van der Waals surface area contributed by atoms with Crippen molar-refractivity contribution in [3.8, 4) is 44.5 Å². The number of furan rings is 1. The maximum atomic E-state index is 7.25. The Morgan fingerprint density at radius 3 is 1.62 bits per heavy atom. The highest BCUT2D eigenvalue weighted by Crippen LogP contribution is 2.50. The molecule has 0 aliphatic rings. The van der Waals surface area contributed by atoms with E-state index in [2.05, 4.69) is 241 Å². The van der Waals surface area contributed by atoms with Crippen LogP contribution in [0.2, 0.25) is 0 Å². The standard InChI is InChI=1S/C62H39NOS/c1-3-15-40(16-4-1)42-29-31-45(32-30-42)54-37-47(38-56-57-39-55(49-25-13-20-44-19-7-8-21-48(44)49)50-22-9-10-24-52(50)60(57)64-61(54)56)63(46-35-33-43(34-36-46)41-17-5-2-6-18-41)58-27-14-26-53-51-23-11-12-28-59(51)65-62(53)58/h1-39H. The van der Waals surface area contributed by atoms with Gasteiger partial charge in [0.25, 0.3) is 0 Å². The molecule has 0 amide bonds. The van der Waals surface area contributed by atoms with Gasteiger partial charge in [0.05, 0.1) is 10.4 Å². The maximum absolute atomic E-state index is 7.25. The Morgan fingerprint density at radius 1 is 0.308 bits per heavy atom. The molecule has 0 saturated heterocycles. The SMILES string of the molecule is c1ccc(-c2ccc(-c3cc(N(c4ccc(-c5ccccc5)cc4)c4cccc5c4sc4ccccc45)cc4c3oc3c5ccccc5c(-c5cccc6ccccc56)cc43)cc2)cc1. The second-order valence-corrected chi connectivity index (χ2v) is 17.8. The lowest BCUT2D eigenvalue weighted by molar-refractivity contribution is 0.674. The number of fused-ring (bicyclic) bond motifs is 9. The first-order chi connectivity index (χ1) is 32.2. The molecule has 0 aliphatic heterocycles. The van der Waals surface area contributed by atoms with Gasteiger partial charge in [-0.15, -0.1) is 11.3 Å². The molecule has 0 unspecified atom stereocenters. The predicted octanol–water partition coefficient (Wildman–Crippen LogP) is 18.4. The van der Waals surface area contributed by atoms with E-state index in [1.807, 2.05) is 11.3 Å². The predicted molar refractivity (Wildman–Crippen MR) is 278 cm³/mol. The molecule has 0 saturated carbocycles. The average molecular weight is 846 g/mol. The molecule has 11 aromatic carbocycles. The monoisotopic (exact) mass is 845 g/mol. The zero-order chi connectivity index (χ0) is 42.8. The summed E-state index contributed by atoms with van der Waals surface area (Å²) in [6.07, 6.45) is 0. The molecule has 0 N–H and O–H groups in total. The second-order valence-electron chi connectivity index (χ2n) is 16.8. The molecule has 3 heteroatoms. The van der Waals surface area contributed by atoms with Crippen LogP contribution in [-0.4, -0.2) is 0 Å². The van der Waals surface area contributed by atoms with Crippen molar-refractivity contribution >= 4 is 92.1 Å². The van der Waals surface area contributed by atoms with E-state index >= 15 is 0 Å². The lowest BCUT2D eigenvalue weighted by Crippen LogP contribution is -2.10. The molecule has 0 fully saturated rings. The third-order valence-electron chi connectivity index (χ3n) is 13.1. The zero-order valence-electron chi connectivity index (χ0n) is 35.3. The molecular weight excluding hydrogens is 807 g/mol. The van der Waals surface area contributed by atoms with E-state index in [0.717, 1.165) is 55.5 Å². The number of benzene rings is 11.